The molecule has 0 atom stereocenters. The van der Waals surface area contributed by atoms with Crippen molar-refractivity contribution >= 4 is 16.0 Å². The number of nitrogens with zero attached hydrogens (tertiary/aromatic N) is 1. The van der Waals surface area contributed by atoms with E-state index in [1.807, 2.05) is 32.0 Å². The second kappa shape index (κ2) is 8.54. The number of sulfonamides is 1. The predicted molar refractivity (Wildman–Crippen MR) is 104 cm³/mol. The van der Waals surface area contributed by atoms with Gasteiger partial charge in [0.2, 0.25) is 10.0 Å². The molecule has 0 radical (unpaired) electrons. The Morgan fingerprint density at radius 1 is 0.963 bits per heavy atom. The molecule has 146 valence electrons. The summed E-state index contributed by atoms with van der Waals surface area (Å²) < 4.78 is 36.5. The van der Waals surface area contributed by atoms with Gasteiger partial charge in [-0.15, -0.1) is 0 Å². The fourth-order valence-electron chi connectivity index (χ4n) is 2.42. The summed E-state index contributed by atoms with van der Waals surface area (Å²) >= 11 is 0. The van der Waals surface area contributed by atoms with E-state index in [2.05, 4.69) is 0 Å². The van der Waals surface area contributed by atoms with Crippen molar-refractivity contribution in [2.75, 3.05) is 27.3 Å². The number of esters is 1. The molecule has 0 aromatic heterocycles. The number of ether oxygens (including phenoxy) is 2. The maximum atomic E-state index is 12.4. The molecule has 2 aromatic rings. The molecule has 2 aromatic carbocycles. The zero-order valence-corrected chi connectivity index (χ0v) is 17.1. The fourth-order valence-corrected chi connectivity index (χ4v) is 3.35. The highest BCUT2D eigenvalue weighted by atomic mass is 32.2. The average molecular weight is 391 g/mol. The van der Waals surface area contributed by atoms with E-state index >= 15 is 0 Å². The van der Waals surface area contributed by atoms with Crippen LogP contribution >= 0.6 is 0 Å². The highest BCUT2D eigenvalue weighted by Gasteiger charge is 2.20. The molecule has 27 heavy (non-hydrogen) atoms. The van der Waals surface area contributed by atoms with Gasteiger partial charge in [0.1, 0.15) is 19.0 Å². The van der Waals surface area contributed by atoms with Gasteiger partial charge < -0.3 is 9.47 Å². The minimum atomic E-state index is -3.62. The predicted octanol–water partition coefficient (Wildman–Crippen LogP) is 3.10. The molecular formula is C20H25NO5S. The molecule has 7 heteroatoms. The molecule has 0 saturated heterocycles. The van der Waals surface area contributed by atoms with Gasteiger partial charge in [-0.2, -0.15) is 0 Å². The van der Waals surface area contributed by atoms with Crippen molar-refractivity contribution < 1.29 is 22.7 Å². The first kappa shape index (κ1) is 20.9. The number of hydrogen-bond donors (Lipinski definition) is 0. The normalized spacial score (nSPS) is 11.5. The zero-order chi connectivity index (χ0) is 20.2. The number of benzene rings is 2. The number of carbonyl (C=O) groups is 1. The monoisotopic (exact) mass is 391 g/mol. The van der Waals surface area contributed by atoms with E-state index < -0.39 is 16.0 Å². The van der Waals surface area contributed by atoms with Gasteiger partial charge in [-0.1, -0.05) is 18.2 Å². The Bertz CT molecular complexity index is 935. The van der Waals surface area contributed by atoms with Gasteiger partial charge in [0, 0.05) is 14.1 Å². The van der Waals surface area contributed by atoms with Crippen LogP contribution in [0, 0.1) is 20.8 Å². The molecule has 0 aliphatic heterocycles. The molecule has 0 aliphatic rings. The second-order valence-electron chi connectivity index (χ2n) is 6.52. The Morgan fingerprint density at radius 2 is 1.63 bits per heavy atom. The average Bonchev–Trinajstić information content (AvgIpc) is 2.61. The highest BCUT2D eigenvalue weighted by Crippen LogP contribution is 2.20. The fraction of sp³-hybridized carbons (Fsp3) is 0.350. The van der Waals surface area contributed by atoms with Gasteiger partial charge in [0.05, 0.1) is 10.5 Å². The molecule has 0 bridgehead atoms. The molecule has 0 heterocycles. The first-order chi connectivity index (χ1) is 12.6. The first-order valence-corrected chi connectivity index (χ1v) is 9.97. The standard InChI is InChI=1S/C20H25NO5S/c1-14-6-7-16(3)19(12-14)25-10-11-26-20(22)18-13-17(9-8-15(18)2)27(23,24)21(4)5/h6-9,12-13H,10-11H2,1-5H3. The van der Waals surface area contributed by atoms with Gasteiger partial charge >= 0.3 is 5.97 Å². The van der Waals surface area contributed by atoms with E-state index in [4.69, 9.17) is 9.47 Å². The molecule has 0 saturated carbocycles. The van der Waals surface area contributed by atoms with Crippen molar-refractivity contribution in [2.45, 2.75) is 25.7 Å². The molecule has 0 aliphatic carbocycles. The van der Waals surface area contributed by atoms with Crippen LogP contribution < -0.4 is 4.74 Å². The van der Waals surface area contributed by atoms with Gasteiger partial charge in [-0.3, -0.25) is 0 Å². The maximum absolute atomic E-state index is 12.4. The van der Waals surface area contributed by atoms with Crippen LogP contribution in [0.25, 0.3) is 0 Å². The summed E-state index contributed by atoms with van der Waals surface area (Å²) in [6.45, 7) is 5.93. The quantitative estimate of drug-likeness (QED) is 0.536. The van der Waals surface area contributed by atoms with Crippen molar-refractivity contribution in [2.24, 2.45) is 0 Å². The summed E-state index contributed by atoms with van der Waals surface area (Å²) in [7, 11) is -0.734. The lowest BCUT2D eigenvalue weighted by Crippen LogP contribution is -2.23. The largest absolute Gasteiger partial charge is 0.490 e. The van der Waals surface area contributed by atoms with E-state index in [1.54, 1.807) is 13.0 Å². The Hall–Kier alpha value is -2.38. The lowest BCUT2D eigenvalue weighted by Gasteiger charge is -2.14. The second-order valence-corrected chi connectivity index (χ2v) is 8.67. The van der Waals surface area contributed by atoms with E-state index in [-0.39, 0.29) is 23.7 Å². The van der Waals surface area contributed by atoms with Crippen molar-refractivity contribution in [1.29, 1.82) is 0 Å². The van der Waals surface area contributed by atoms with E-state index in [9.17, 15) is 13.2 Å². The Balaban J connectivity index is 2.03. The van der Waals surface area contributed by atoms with Crippen molar-refractivity contribution in [3.63, 3.8) is 0 Å². The molecule has 0 N–H and O–H groups in total. The third kappa shape index (κ3) is 5.08. The molecular weight excluding hydrogens is 366 g/mol. The molecule has 6 nitrogen and oxygen atoms in total. The van der Waals surface area contributed by atoms with Crippen LogP contribution in [0.1, 0.15) is 27.0 Å². The summed E-state index contributed by atoms with van der Waals surface area (Å²) in [5.74, 6) is 0.175. The highest BCUT2D eigenvalue weighted by molar-refractivity contribution is 7.89. The van der Waals surface area contributed by atoms with Crippen LogP contribution in [-0.2, 0) is 14.8 Å². The van der Waals surface area contributed by atoms with Crippen LogP contribution in [0.3, 0.4) is 0 Å². The topological polar surface area (TPSA) is 72.9 Å². The van der Waals surface area contributed by atoms with Crippen molar-refractivity contribution in [3.05, 3.63) is 58.7 Å². The van der Waals surface area contributed by atoms with Crippen LogP contribution in [0.2, 0.25) is 0 Å². The Morgan fingerprint density at radius 3 is 2.30 bits per heavy atom. The number of aryl methyl sites for hydroxylation is 3. The molecule has 0 fully saturated rings. The zero-order valence-electron chi connectivity index (χ0n) is 16.3. The smallest absolute Gasteiger partial charge is 0.338 e. The van der Waals surface area contributed by atoms with Crippen LogP contribution in [0.5, 0.6) is 5.75 Å². The SMILES string of the molecule is Cc1ccc(C)c(OCCOC(=O)c2cc(S(=O)(=O)N(C)C)ccc2C)c1. The van der Waals surface area contributed by atoms with Crippen LogP contribution in [-0.4, -0.2) is 46.0 Å². The van der Waals surface area contributed by atoms with Gasteiger partial charge in [0.15, 0.2) is 0 Å². The summed E-state index contributed by atoms with van der Waals surface area (Å²) in [4.78, 5) is 12.4. The summed E-state index contributed by atoms with van der Waals surface area (Å²) in [6.07, 6.45) is 0. The summed E-state index contributed by atoms with van der Waals surface area (Å²) in [5, 5.41) is 0. The summed E-state index contributed by atoms with van der Waals surface area (Å²) in [6, 6.07) is 10.3. The third-order valence-corrected chi connectivity index (χ3v) is 5.94. The number of carbonyl (C=O) groups excluding carboxylic acids is 1. The van der Waals surface area contributed by atoms with Crippen LogP contribution in [0.15, 0.2) is 41.3 Å². The molecule has 2 rings (SSSR count). The lowest BCUT2D eigenvalue weighted by atomic mass is 10.1. The van der Waals surface area contributed by atoms with Gasteiger partial charge in [-0.05, 0) is 55.7 Å². The lowest BCUT2D eigenvalue weighted by molar-refractivity contribution is 0.0449. The number of rotatable bonds is 7. The van der Waals surface area contributed by atoms with Crippen molar-refractivity contribution in [3.8, 4) is 5.75 Å². The Kier molecular flexibility index (Phi) is 6.62. The summed E-state index contributed by atoms with van der Waals surface area (Å²) in [5.41, 5.74) is 2.96. The van der Waals surface area contributed by atoms with E-state index in [1.165, 1.54) is 26.2 Å². The van der Waals surface area contributed by atoms with Crippen LogP contribution in [0.4, 0.5) is 0 Å². The maximum Gasteiger partial charge on any atom is 0.338 e. The first-order valence-electron chi connectivity index (χ1n) is 8.53. The Labute approximate surface area is 160 Å². The third-order valence-electron chi connectivity index (χ3n) is 4.13. The molecule has 0 unspecified atom stereocenters. The molecule has 0 spiro atoms. The molecule has 0 amide bonds. The number of hydrogen-bond acceptors (Lipinski definition) is 5. The van der Waals surface area contributed by atoms with Crippen molar-refractivity contribution in [1.82, 2.24) is 4.31 Å². The minimum absolute atomic E-state index is 0.0525. The van der Waals surface area contributed by atoms with Gasteiger partial charge in [-0.25, -0.2) is 17.5 Å². The van der Waals surface area contributed by atoms with E-state index in [0.717, 1.165) is 21.2 Å². The van der Waals surface area contributed by atoms with Gasteiger partial charge in [0.25, 0.3) is 0 Å². The van der Waals surface area contributed by atoms with E-state index in [0.29, 0.717) is 5.56 Å². The minimum Gasteiger partial charge on any atom is -0.490 e.